The second kappa shape index (κ2) is 16.7. The van der Waals surface area contributed by atoms with Crippen LogP contribution in [0.15, 0.2) is 47.8 Å². The zero-order valence-corrected chi connectivity index (χ0v) is 20.5. The fourth-order valence-electron chi connectivity index (χ4n) is 2.61. The third-order valence-electron chi connectivity index (χ3n) is 4.61. The summed E-state index contributed by atoms with van der Waals surface area (Å²) in [6.07, 6.45) is 5.92. The van der Waals surface area contributed by atoms with Gasteiger partial charge in [-0.15, -0.1) is 0 Å². The number of hydrogen-bond donors (Lipinski definition) is 3. The van der Waals surface area contributed by atoms with Crippen LogP contribution in [-0.4, -0.2) is 43.4 Å². The van der Waals surface area contributed by atoms with Crippen molar-refractivity contribution in [1.29, 1.82) is 0 Å². The number of halogens is 1. The van der Waals surface area contributed by atoms with Crippen molar-refractivity contribution in [2.24, 2.45) is 0 Å². The van der Waals surface area contributed by atoms with E-state index in [0.717, 1.165) is 30.9 Å². The maximum atomic E-state index is 12.9. The highest BCUT2D eigenvalue weighted by atomic mass is 19.1. The zero-order valence-electron chi connectivity index (χ0n) is 20.5. The van der Waals surface area contributed by atoms with E-state index in [0.29, 0.717) is 24.2 Å². The molecular weight excluding hydrogens is 407 g/mol. The number of likely N-dealkylation sites (N-methyl/N-ethyl adjacent to an activating group) is 1. The third kappa shape index (κ3) is 12.7. The lowest BCUT2D eigenvalue weighted by Gasteiger charge is -2.17. The number of hydrogen-bond acceptors (Lipinski definition) is 4. The maximum absolute atomic E-state index is 12.9. The molecule has 0 atom stereocenters. The molecule has 1 aromatic carbocycles. The largest absolute Gasteiger partial charge is 0.365 e. The summed E-state index contributed by atoms with van der Waals surface area (Å²) in [4.78, 5) is 24.2. The topological polar surface area (TPSA) is 73.5 Å². The molecule has 3 N–H and O–H groups in total. The van der Waals surface area contributed by atoms with Crippen molar-refractivity contribution in [3.63, 3.8) is 0 Å². The number of carbonyl (C=O) groups is 2. The minimum absolute atomic E-state index is 0.0469. The molecule has 0 aliphatic rings. The summed E-state index contributed by atoms with van der Waals surface area (Å²) in [6.45, 7) is 17.5. The summed E-state index contributed by atoms with van der Waals surface area (Å²) in [5, 5.41) is 8.48. The highest BCUT2D eigenvalue weighted by Gasteiger charge is 2.04. The van der Waals surface area contributed by atoms with Gasteiger partial charge >= 0.3 is 0 Å². The smallest absolute Gasteiger partial charge is 0.245 e. The molecule has 178 valence electrons. The number of carbonyl (C=O) groups excluding carboxylic acids is 2. The quantitative estimate of drug-likeness (QED) is 0.341. The Morgan fingerprint density at radius 1 is 1.12 bits per heavy atom. The molecule has 0 aromatic heterocycles. The monoisotopic (exact) mass is 446 g/mol. The molecule has 0 saturated heterocycles. The maximum Gasteiger partial charge on any atom is 0.245 e. The van der Waals surface area contributed by atoms with Crippen molar-refractivity contribution in [3.8, 4) is 0 Å². The molecule has 2 amide bonds. The van der Waals surface area contributed by atoms with E-state index in [9.17, 15) is 14.0 Å². The van der Waals surface area contributed by atoms with Crippen LogP contribution in [0.1, 0.15) is 54.0 Å². The first-order valence-corrected chi connectivity index (χ1v) is 10.9. The summed E-state index contributed by atoms with van der Waals surface area (Å²) in [5.41, 5.74) is 4.27. The molecule has 32 heavy (non-hydrogen) atoms. The minimum Gasteiger partial charge on any atom is -0.365 e. The van der Waals surface area contributed by atoms with Crippen molar-refractivity contribution in [2.75, 3.05) is 31.5 Å². The van der Waals surface area contributed by atoms with E-state index in [1.54, 1.807) is 12.1 Å². The first kappa shape index (κ1) is 29.1. The lowest BCUT2D eigenvalue weighted by atomic mass is 10.1. The molecule has 6 nitrogen and oxygen atoms in total. The summed E-state index contributed by atoms with van der Waals surface area (Å²) in [6, 6.07) is 4.27. The molecular formula is C25H39FN4O2. The van der Waals surface area contributed by atoms with Crippen LogP contribution in [0.25, 0.3) is 5.57 Å². The first-order valence-electron chi connectivity index (χ1n) is 10.9. The van der Waals surface area contributed by atoms with Crippen LogP contribution in [0.2, 0.25) is 0 Å². The summed E-state index contributed by atoms with van der Waals surface area (Å²) < 4.78 is 12.9. The van der Waals surface area contributed by atoms with Crippen LogP contribution in [0.3, 0.4) is 0 Å². The molecule has 0 heterocycles. The van der Waals surface area contributed by atoms with E-state index in [4.69, 9.17) is 0 Å². The Hall–Kier alpha value is -2.93. The number of nitrogens with zero attached hydrogens (tertiary/aromatic N) is 1. The van der Waals surface area contributed by atoms with Gasteiger partial charge in [-0.05, 0) is 77.7 Å². The van der Waals surface area contributed by atoms with Crippen molar-refractivity contribution in [2.45, 2.75) is 48.5 Å². The van der Waals surface area contributed by atoms with Crippen LogP contribution in [-0.2, 0) is 9.59 Å². The first-order chi connectivity index (χ1) is 15.2. The Kier molecular flexibility index (Phi) is 15.2. The van der Waals surface area contributed by atoms with Gasteiger partial charge in [0.25, 0.3) is 0 Å². The van der Waals surface area contributed by atoms with Crippen LogP contribution in [0.5, 0.6) is 0 Å². The Balaban J connectivity index is 0.000000618. The molecule has 0 saturated carbocycles. The second-order valence-corrected chi connectivity index (χ2v) is 7.44. The number of rotatable bonds is 11. The molecule has 0 unspecified atom stereocenters. The molecule has 1 rings (SSSR count). The second-order valence-electron chi connectivity index (χ2n) is 7.44. The van der Waals surface area contributed by atoms with E-state index < -0.39 is 0 Å². The van der Waals surface area contributed by atoms with Gasteiger partial charge in [-0.25, -0.2) is 4.39 Å². The van der Waals surface area contributed by atoms with Crippen LogP contribution >= 0.6 is 0 Å². The SMILES string of the molecule is C/C=C(\C)c1cc(F)ccc1NC=O.CCN(CC)CCNC(=O)/C=C(\C)NC=C(C)C. The highest BCUT2D eigenvalue weighted by Crippen LogP contribution is 2.24. The van der Waals surface area contributed by atoms with E-state index >= 15 is 0 Å². The molecule has 0 bridgehead atoms. The summed E-state index contributed by atoms with van der Waals surface area (Å²) >= 11 is 0. The van der Waals surface area contributed by atoms with Gasteiger partial charge in [0.05, 0.1) is 0 Å². The van der Waals surface area contributed by atoms with Gasteiger partial charge in [-0.1, -0.05) is 25.5 Å². The predicted octanol–water partition coefficient (Wildman–Crippen LogP) is 4.68. The summed E-state index contributed by atoms with van der Waals surface area (Å²) in [7, 11) is 0. The number of anilines is 1. The molecule has 0 aliphatic carbocycles. The van der Waals surface area contributed by atoms with E-state index in [1.807, 2.05) is 46.9 Å². The number of amides is 2. The van der Waals surface area contributed by atoms with E-state index in [1.165, 1.54) is 17.7 Å². The lowest BCUT2D eigenvalue weighted by molar-refractivity contribution is -0.116. The molecule has 7 heteroatoms. The number of nitrogens with one attached hydrogen (secondary N) is 3. The highest BCUT2D eigenvalue weighted by molar-refractivity contribution is 5.88. The predicted molar refractivity (Wildman–Crippen MR) is 133 cm³/mol. The number of benzene rings is 1. The van der Waals surface area contributed by atoms with Crippen LogP contribution in [0, 0.1) is 5.82 Å². The molecule has 0 radical (unpaired) electrons. The molecule has 0 spiro atoms. The Morgan fingerprint density at radius 3 is 2.31 bits per heavy atom. The van der Waals surface area contributed by atoms with E-state index in [-0.39, 0.29) is 11.7 Å². The molecule has 1 aromatic rings. The van der Waals surface area contributed by atoms with Gasteiger partial charge in [-0.3, -0.25) is 9.59 Å². The fraction of sp³-hybridized carbons (Fsp3) is 0.440. The van der Waals surface area contributed by atoms with Gasteiger partial charge in [0, 0.05) is 36.1 Å². The average Bonchev–Trinajstić information content (AvgIpc) is 2.76. The van der Waals surface area contributed by atoms with Gasteiger partial charge in [0.2, 0.25) is 12.3 Å². The Labute approximate surface area is 192 Å². The lowest BCUT2D eigenvalue weighted by Crippen LogP contribution is -2.34. The number of allylic oxidation sites excluding steroid dienone is 4. The van der Waals surface area contributed by atoms with Crippen molar-refractivity contribution >= 4 is 23.6 Å². The van der Waals surface area contributed by atoms with Gasteiger partial charge in [0.1, 0.15) is 5.82 Å². The van der Waals surface area contributed by atoms with E-state index in [2.05, 4.69) is 34.7 Å². The normalized spacial score (nSPS) is 11.3. The van der Waals surface area contributed by atoms with Gasteiger partial charge in [0.15, 0.2) is 0 Å². The summed E-state index contributed by atoms with van der Waals surface area (Å²) in [5.74, 6) is -0.355. The Bertz CT molecular complexity index is 808. The van der Waals surface area contributed by atoms with Crippen LogP contribution < -0.4 is 16.0 Å². The third-order valence-corrected chi connectivity index (χ3v) is 4.61. The molecule has 0 aliphatic heterocycles. The fourth-order valence-corrected chi connectivity index (χ4v) is 2.61. The van der Waals surface area contributed by atoms with Crippen LogP contribution in [0.4, 0.5) is 10.1 Å². The van der Waals surface area contributed by atoms with Crippen molar-refractivity contribution in [1.82, 2.24) is 15.5 Å². The zero-order chi connectivity index (χ0) is 24.5. The van der Waals surface area contributed by atoms with Crippen molar-refractivity contribution in [3.05, 3.63) is 59.2 Å². The average molecular weight is 447 g/mol. The Morgan fingerprint density at radius 2 is 1.78 bits per heavy atom. The van der Waals surface area contributed by atoms with Crippen molar-refractivity contribution < 1.29 is 14.0 Å². The standard InChI is InChI=1S/C14H27N3O.C11H12FNO/c1-6-17(7-2)9-8-15-14(18)10-13(5)16-11-12(3)4;1-3-8(2)10-6-9(12)4-5-11(10)13-7-14/h10-11,16H,6-9H2,1-5H3,(H,15,18);3-7H,1-2H3,(H,13,14)/b13-10+;8-3+. The van der Waals surface area contributed by atoms with Gasteiger partial charge in [-0.2, -0.15) is 0 Å². The molecule has 0 fully saturated rings. The van der Waals surface area contributed by atoms with Gasteiger partial charge < -0.3 is 20.9 Å². The minimum atomic E-state index is -0.308.